The minimum atomic E-state index is -1.71. The molecule has 145 heavy (non-hydrogen) atoms. The highest BCUT2D eigenvalue weighted by Crippen LogP contribution is 2.37. The van der Waals surface area contributed by atoms with Crippen molar-refractivity contribution >= 4 is 85.9 Å². The van der Waals surface area contributed by atoms with E-state index in [4.69, 9.17) is 42.9 Å². The summed E-state index contributed by atoms with van der Waals surface area (Å²) in [4.78, 5) is 128. The Bertz CT molecular complexity index is 7900. The topological polar surface area (TPSA) is 563 Å². The Labute approximate surface area is 823 Å². The Hall–Kier alpha value is -17.9. The average molecular weight is 1960 g/mol. The molecule has 1 saturated carbocycles. The van der Waals surface area contributed by atoms with E-state index in [2.05, 4.69) is 105 Å². The number of halogens is 2. The molecule has 732 valence electrons. The first-order chi connectivity index (χ1) is 69.4. The maximum absolute atomic E-state index is 13.8. The summed E-state index contributed by atoms with van der Waals surface area (Å²) in [7, 11) is 6.41. The van der Waals surface area contributed by atoms with Crippen LogP contribution in [0.1, 0.15) is 159 Å². The van der Waals surface area contributed by atoms with Gasteiger partial charge in [-0.1, -0.05) is 77.4 Å². The summed E-state index contributed by atoms with van der Waals surface area (Å²) >= 11 is 0. The van der Waals surface area contributed by atoms with Gasteiger partial charge < -0.3 is 83.1 Å². The van der Waals surface area contributed by atoms with Crippen LogP contribution in [0.25, 0.3) is 61.5 Å². The van der Waals surface area contributed by atoms with Crippen LogP contribution in [0.15, 0.2) is 176 Å². The van der Waals surface area contributed by atoms with E-state index in [9.17, 15) is 77.5 Å². The van der Waals surface area contributed by atoms with Gasteiger partial charge in [-0.25, -0.2) is 47.1 Å². The van der Waals surface area contributed by atoms with Crippen LogP contribution in [0.5, 0.6) is 5.75 Å². The Kier molecular flexibility index (Phi) is 27.5. The number of pyridine rings is 4. The van der Waals surface area contributed by atoms with Crippen LogP contribution in [0, 0.1) is 70.8 Å². The van der Waals surface area contributed by atoms with Crippen LogP contribution >= 0.6 is 0 Å². The molecule has 14 heterocycles. The summed E-state index contributed by atoms with van der Waals surface area (Å²) in [6, 6.07) is 41.1. The van der Waals surface area contributed by atoms with E-state index in [1.54, 1.807) is 128 Å². The largest absolute Gasteiger partial charge is 0.497 e. The van der Waals surface area contributed by atoms with E-state index in [-0.39, 0.29) is 65.3 Å². The molecule has 5 atom stereocenters. The number of ketones is 1. The van der Waals surface area contributed by atoms with Crippen LogP contribution in [0.4, 0.5) is 8.78 Å². The van der Waals surface area contributed by atoms with E-state index in [1.165, 1.54) is 84.6 Å². The number of benzene rings is 5. The van der Waals surface area contributed by atoms with Gasteiger partial charge in [-0.2, -0.15) is 25.5 Å². The number of amides is 8. The van der Waals surface area contributed by atoms with Gasteiger partial charge in [0.05, 0.1) is 84.1 Å². The summed E-state index contributed by atoms with van der Waals surface area (Å²) in [6.45, 7) is 3.08. The molecule has 0 radical (unpaired) electrons. The Morgan fingerprint density at radius 1 is 0.393 bits per heavy atom. The molecule has 7 aliphatic rings. The first kappa shape index (κ1) is 98.7. The van der Waals surface area contributed by atoms with Crippen molar-refractivity contribution in [2.45, 2.75) is 105 Å². The predicted octanol–water partition coefficient (Wildman–Crippen LogP) is 4.18. The molecule has 39 nitrogen and oxygen atoms in total. The Morgan fingerprint density at radius 2 is 0.841 bits per heavy atom. The van der Waals surface area contributed by atoms with Gasteiger partial charge in [0.2, 0.25) is 16.8 Å². The van der Waals surface area contributed by atoms with Crippen molar-refractivity contribution in [3.8, 4) is 93.7 Å². The molecule has 41 heteroatoms. The second-order valence-corrected chi connectivity index (χ2v) is 34.9. The fraction of sp³-hybridized carbons (Fsp3) is 0.250. The van der Waals surface area contributed by atoms with Crippen LogP contribution in [0.2, 0.25) is 0 Å². The zero-order valence-electron chi connectivity index (χ0n) is 78.1. The number of nitrogens with two attached hydrogens (primary N) is 5. The van der Waals surface area contributed by atoms with Crippen molar-refractivity contribution in [2.24, 2.45) is 28.7 Å². The zero-order valence-corrected chi connectivity index (χ0v) is 78.1. The normalized spacial score (nSPS) is 19.3. The summed E-state index contributed by atoms with van der Waals surface area (Å²) in [5.41, 5.74) is 30.5. The number of aromatic nitrogens is 14. The zero-order chi connectivity index (χ0) is 103. The van der Waals surface area contributed by atoms with Gasteiger partial charge >= 0.3 is 0 Å². The quantitative estimate of drug-likeness (QED) is 0.0812. The minimum absolute atomic E-state index is 0.000786. The first-order valence-electron chi connectivity index (χ1n) is 45.3. The lowest BCUT2D eigenvalue weighted by atomic mass is 10.0. The Balaban J connectivity index is 0.000000124. The van der Waals surface area contributed by atoms with Gasteiger partial charge in [0.25, 0.3) is 47.3 Å². The van der Waals surface area contributed by atoms with E-state index < -0.39 is 75.1 Å². The highest BCUT2D eigenvalue weighted by atomic mass is 19.1. The smallest absolute Gasteiger partial charge is 0.269 e. The molecule has 0 bridgehead atoms. The number of Topliss-reactive ketones (excluding diaryl/α,β-unsaturated/α-hetero) is 1. The molecule has 0 unspecified atom stereocenters. The number of carbonyl (C=O) groups is 9. The molecule has 4 fully saturated rings. The number of nitrogens with zero attached hydrogens (tertiary/aromatic N) is 17. The number of ether oxygens (including phenoxy) is 3. The number of primary amides is 5. The molecule has 0 spiro atoms. The lowest BCUT2D eigenvalue weighted by Gasteiger charge is -2.15. The number of likely N-dealkylation sites (N-methyl/N-ethyl adjacent to an activating group) is 3. The lowest BCUT2D eigenvalue weighted by Crippen LogP contribution is -2.37. The van der Waals surface area contributed by atoms with Crippen LogP contribution in [-0.4, -0.2) is 246 Å². The SMILES string of the molecule is CN1CC[C@@](O)(C#Cc2cccc(-n3nc(C(N)=O)c4c3CCOC4)c2)C1=O.CN1CC[C@@](O)(C#Cc2cccc(-n3nc(C(N)=O)c4c3COCC4)c2)C1=O.COc1cc(C#C[C@]2(O)CCN(C)C2=O)cc(-n2nc(C(N)=O)c3cccnc32)c1.NC(=O)c1nn(-c2cc(C#C[C@]3(O)CCCC3=O)ccn2)c2cc(F)ccc12.NC(=O)c1nn(-c2cc(C#C[C@]3(O)CCc4cccnc43)ccn2)c2cc(F)ccc12. The maximum atomic E-state index is 13.8. The summed E-state index contributed by atoms with van der Waals surface area (Å²) in [5, 5.41) is 75.5. The predicted molar refractivity (Wildman–Crippen MR) is 516 cm³/mol. The van der Waals surface area contributed by atoms with Crippen molar-refractivity contribution in [1.29, 1.82) is 0 Å². The maximum Gasteiger partial charge on any atom is 0.269 e. The highest BCUT2D eigenvalue weighted by molar-refractivity contribution is 6.06. The number of aliphatic hydroxyl groups is 5. The van der Waals surface area contributed by atoms with E-state index >= 15 is 0 Å². The van der Waals surface area contributed by atoms with E-state index in [0.29, 0.717) is 192 Å². The highest BCUT2D eigenvalue weighted by Gasteiger charge is 2.46. The molecule has 5 aromatic carbocycles. The molecule has 8 amide bonds. The molecule has 15 N–H and O–H groups in total. The third-order valence-corrected chi connectivity index (χ3v) is 25.1. The van der Waals surface area contributed by atoms with Gasteiger partial charge in [-0.05, 0) is 147 Å². The number of rotatable bonds is 11. The molecular weight excluding hydrogens is 1870 g/mol. The van der Waals surface area contributed by atoms with Gasteiger partial charge in [0.15, 0.2) is 62.7 Å². The molecule has 2 aliphatic carbocycles. The molecule has 21 rings (SSSR count). The van der Waals surface area contributed by atoms with Crippen LogP contribution in [-0.2, 0) is 66.7 Å². The van der Waals surface area contributed by atoms with Crippen molar-refractivity contribution in [1.82, 2.24) is 83.5 Å². The van der Waals surface area contributed by atoms with Gasteiger partial charge in [0, 0.05) is 172 Å². The van der Waals surface area contributed by atoms with Crippen molar-refractivity contribution in [2.75, 3.05) is 61.1 Å². The van der Waals surface area contributed by atoms with Gasteiger partial charge in [-0.3, -0.25) is 48.1 Å². The number of hydrogen-bond donors (Lipinski definition) is 10. The fourth-order valence-corrected chi connectivity index (χ4v) is 17.4. The first-order valence-corrected chi connectivity index (χ1v) is 45.3. The summed E-state index contributed by atoms with van der Waals surface area (Å²) in [6.07, 6.45) is 10.6. The second kappa shape index (κ2) is 40.4. The summed E-state index contributed by atoms with van der Waals surface area (Å²) < 4.78 is 51.4. The molecule has 5 aliphatic heterocycles. The van der Waals surface area contributed by atoms with Crippen molar-refractivity contribution in [3.05, 3.63) is 278 Å². The fourth-order valence-electron chi connectivity index (χ4n) is 17.4. The number of hydrogen-bond acceptors (Lipinski definition) is 26. The number of methoxy groups -OCH3 is 1. The number of carbonyl (C=O) groups excluding carboxylic acids is 9. The minimum Gasteiger partial charge on any atom is -0.497 e. The Morgan fingerprint density at radius 3 is 1.34 bits per heavy atom. The molecule has 14 aromatic rings. The molecular formula is C104H90F2N22O17. The summed E-state index contributed by atoms with van der Waals surface area (Å²) in [5.74, 6) is 23.4. The second-order valence-electron chi connectivity index (χ2n) is 34.9. The van der Waals surface area contributed by atoms with E-state index in [1.807, 2.05) is 30.3 Å². The van der Waals surface area contributed by atoms with Gasteiger partial charge in [0.1, 0.15) is 17.4 Å². The third-order valence-electron chi connectivity index (χ3n) is 25.1. The lowest BCUT2D eigenvalue weighted by molar-refractivity contribution is -0.138. The number of aryl methyl sites for hydroxylation is 1. The monoisotopic (exact) mass is 1960 g/mol. The van der Waals surface area contributed by atoms with Crippen LogP contribution in [0.3, 0.4) is 0 Å². The molecule has 3 saturated heterocycles. The number of fused-ring (bicyclic) bond motifs is 6. The number of likely N-dealkylation sites (tertiary alicyclic amines) is 3. The van der Waals surface area contributed by atoms with Crippen molar-refractivity contribution < 1.29 is 91.7 Å². The average Bonchev–Trinajstić information content (AvgIpc) is 1.62. The molecule has 9 aromatic heterocycles. The standard InChI is InChI=1S/C23H16FN5O2.C21H19N5O4.C20H15FN4O3.2C20H20N4O4/c24-16-3-4-17-18(13-16)29(28-20(17)22(25)30)19-12-14(7-11-26-19)5-8-23(31)9-6-15-2-1-10-27-21(15)23;1-25-9-7-21(29,20(25)28)6-5-13-10-14(12-15(11-13)30-2)26-19-16(4-3-8-23-19)17(24-26)18(22)27;21-13-3-4-14-15(11-13)25(24-18(14)19(22)27)17-10-12(6-9-23-17)5-8-20(28)7-1-2-16(20)26;1-23-9-8-20(27,19(23)26)7-5-13-3-2-4-14(11-13)24-16-6-10-28-12-15(16)17(22-24)18(21)25;1-23-9-8-20(27,19(23)26)7-5-13-3-2-4-14(11-13)24-16-12-28-10-6-15(16)17(22-24)18(21)25/h1-4,7,10-13,31H,6,9H2,(H2,25,30);3-4,8,10-12,29H,7,9H2,1-2H3,(H2,22,27);3-4,6,9-11,28H,1-2,7H2,(H2,22,27);2*2-4,11,27H,6,8-10,12H2,1H3,(H2,21,25)/t23-;21-;3*20-/m00100/s1. The third kappa shape index (κ3) is 20.3. The van der Waals surface area contributed by atoms with Crippen LogP contribution < -0.4 is 33.4 Å². The van der Waals surface area contributed by atoms with E-state index in [0.717, 1.165) is 28.2 Å². The van der Waals surface area contributed by atoms with Crippen molar-refractivity contribution in [3.63, 3.8) is 0 Å². The van der Waals surface area contributed by atoms with Gasteiger partial charge in [-0.15, -0.1) is 0 Å².